The van der Waals surface area contributed by atoms with Crippen LogP contribution in [0.5, 0.6) is 0 Å². The zero-order chi connectivity index (χ0) is 24.6. The Kier molecular flexibility index (Phi) is 6.13. The molecule has 0 radical (unpaired) electrons. The van der Waals surface area contributed by atoms with Crippen molar-refractivity contribution in [1.82, 2.24) is 24.7 Å². The van der Waals surface area contributed by atoms with Crippen LogP contribution in [0.15, 0.2) is 95.2 Å². The smallest absolute Gasteiger partial charge is 0.213 e. The summed E-state index contributed by atoms with van der Waals surface area (Å²) < 4.78 is 3.77. The van der Waals surface area contributed by atoms with Gasteiger partial charge in [-0.2, -0.15) is 14.9 Å². The first-order valence-corrected chi connectivity index (χ1v) is 13.0. The third-order valence-electron chi connectivity index (χ3n) is 5.96. The third-order valence-corrected chi connectivity index (χ3v) is 7.74. The number of nitrogens with zero attached hydrogens (tertiary/aromatic N) is 6. The molecule has 9 heteroatoms. The van der Waals surface area contributed by atoms with E-state index in [0.29, 0.717) is 28.1 Å². The molecule has 5 aromatic rings. The molecule has 36 heavy (non-hydrogen) atoms. The molecule has 6 rings (SSSR count). The number of benzene rings is 3. The van der Waals surface area contributed by atoms with Gasteiger partial charge < -0.3 is 0 Å². The number of rotatable bonds is 5. The van der Waals surface area contributed by atoms with Gasteiger partial charge >= 0.3 is 0 Å². The highest BCUT2D eigenvalue weighted by atomic mass is 35.5. The van der Waals surface area contributed by atoms with E-state index in [1.807, 2.05) is 59.3 Å². The molecule has 0 bridgehead atoms. The Morgan fingerprint density at radius 2 is 1.58 bits per heavy atom. The first kappa shape index (κ1) is 23.0. The van der Waals surface area contributed by atoms with Crippen LogP contribution in [0.25, 0.3) is 22.8 Å². The van der Waals surface area contributed by atoms with E-state index in [4.69, 9.17) is 33.4 Å². The number of hydrogen-bond donors (Lipinski definition) is 0. The second-order valence-corrected chi connectivity index (χ2v) is 10.5. The van der Waals surface area contributed by atoms with Crippen LogP contribution < -0.4 is 0 Å². The maximum absolute atomic E-state index is 6.29. The molecular weight excluding hydrogens is 511 g/mol. The molecule has 1 atom stereocenters. The monoisotopic (exact) mass is 530 g/mol. The van der Waals surface area contributed by atoms with Crippen molar-refractivity contribution in [2.24, 2.45) is 5.10 Å². The van der Waals surface area contributed by atoms with Crippen LogP contribution in [-0.2, 0) is 6.54 Å². The fraction of sp³-hybridized carbons (Fsp3) is 0.111. The van der Waals surface area contributed by atoms with Gasteiger partial charge in [0.15, 0.2) is 0 Å². The van der Waals surface area contributed by atoms with Crippen molar-refractivity contribution in [3.8, 4) is 22.8 Å². The molecule has 0 N–H and O–H groups in total. The Morgan fingerprint density at radius 1 is 0.833 bits per heavy atom. The molecule has 0 spiro atoms. The number of fused-ring (bicyclic) bond motifs is 1. The van der Waals surface area contributed by atoms with Crippen LogP contribution in [0.3, 0.4) is 0 Å². The molecule has 1 aliphatic rings. The van der Waals surface area contributed by atoms with E-state index in [1.165, 1.54) is 0 Å². The van der Waals surface area contributed by atoms with Crippen molar-refractivity contribution in [2.45, 2.75) is 23.9 Å². The minimum atomic E-state index is 0.0716. The van der Waals surface area contributed by atoms with Crippen molar-refractivity contribution >= 4 is 40.7 Å². The van der Waals surface area contributed by atoms with Gasteiger partial charge in [-0.3, -0.25) is 4.68 Å². The van der Waals surface area contributed by atoms with Crippen molar-refractivity contribution in [3.05, 3.63) is 106 Å². The molecular formula is C27H20Cl2N6S. The van der Waals surface area contributed by atoms with E-state index in [1.54, 1.807) is 22.5 Å². The Hall–Kier alpha value is -3.39. The van der Waals surface area contributed by atoms with Gasteiger partial charge in [-0.05, 0) is 36.2 Å². The number of hydrogen-bond acceptors (Lipinski definition) is 5. The van der Waals surface area contributed by atoms with Gasteiger partial charge in [0.05, 0.1) is 33.2 Å². The van der Waals surface area contributed by atoms with Crippen molar-refractivity contribution < 1.29 is 0 Å². The van der Waals surface area contributed by atoms with E-state index in [0.717, 1.165) is 33.3 Å². The summed E-state index contributed by atoms with van der Waals surface area (Å²) in [6.07, 6.45) is 0. The lowest BCUT2D eigenvalue weighted by Crippen LogP contribution is -2.21. The predicted molar refractivity (Wildman–Crippen MR) is 146 cm³/mol. The minimum Gasteiger partial charge on any atom is -0.260 e. The van der Waals surface area contributed by atoms with Gasteiger partial charge in [-0.15, -0.1) is 10.2 Å². The van der Waals surface area contributed by atoms with Gasteiger partial charge in [-0.1, -0.05) is 102 Å². The summed E-state index contributed by atoms with van der Waals surface area (Å²) >= 11 is 14.0. The largest absolute Gasteiger partial charge is 0.260 e. The van der Waals surface area contributed by atoms with Gasteiger partial charge in [0.2, 0.25) is 11.0 Å². The maximum atomic E-state index is 6.29. The molecule has 3 aromatic carbocycles. The fourth-order valence-electron chi connectivity index (χ4n) is 4.18. The van der Waals surface area contributed by atoms with Crippen LogP contribution in [0.2, 0.25) is 10.0 Å². The average Bonchev–Trinajstić information content (AvgIpc) is 3.50. The quantitative estimate of drug-likeness (QED) is 0.247. The Bertz CT molecular complexity index is 1580. The molecule has 0 saturated heterocycles. The van der Waals surface area contributed by atoms with Gasteiger partial charge in [-0.25, -0.2) is 0 Å². The molecule has 0 aliphatic carbocycles. The highest BCUT2D eigenvalue weighted by Gasteiger charge is 2.28. The van der Waals surface area contributed by atoms with E-state index in [-0.39, 0.29) is 5.25 Å². The number of aromatic nitrogens is 5. The van der Waals surface area contributed by atoms with Gasteiger partial charge in [0.1, 0.15) is 5.69 Å². The molecule has 0 amide bonds. The Balaban J connectivity index is 1.45. The zero-order valence-electron chi connectivity index (χ0n) is 19.2. The molecule has 3 heterocycles. The second-order valence-electron chi connectivity index (χ2n) is 8.42. The highest BCUT2D eigenvalue weighted by molar-refractivity contribution is 8.00. The summed E-state index contributed by atoms with van der Waals surface area (Å²) in [5.41, 5.74) is 5.73. The van der Waals surface area contributed by atoms with E-state index in [2.05, 4.69) is 41.4 Å². The van der Waals surface area contributed by atoms with Crippen LogP contribution in [-0.4, -0.2) is 35.6 Å². The molecule has 6 nitrogen and oxygen atoms in total. The highest BCUT2D eigenvalue weighted by Crippen LogP contribution is 2.35. The summed E-state index contributed by atoms with van der Waals surface area (Å²) in [7, 11) is 0. The Morgan fingerprint density at radius 3 is 2.33 bits per heavy atom. The van der Waals surface area contributed by atoms with Gasteiger partial charge in [0, 0.05) is 5.56 Å². The van der Waals surface area contributed by atoms with E-state index < -0.39 is 0 Å². The maximum Gasteiger partial charge on any atom is 0.213 e. The van der Waals surface area contributed by atoms with Crippen LogP contribution in [0.4, 0.5) is 0 Å². The lowest BCUT2D eigenvalue weighted by Gasteiger charge is -2.20. The molecule has 1 unspecified atom stereocenters. The first-order chi connectivity index (χ1) is 17.6. The number of halogens is 2. The van der Waals surface area contributed by atoms with Crippen LogP contribution in [0.1, 0.15) is 18.1 Å². The molecule has 0 fully saturated rings. The SMILES string of the molecule is CC1Sc2nnc(-c3cc(-c4ccccc4)n(Cc4ccccc4)n3)n2N=C1c1ccc(Cl)c(Cl)c1. The second kappa shape index (κ2) is 9.58. The molecule has 178 valence electrons. The average molecular weight is 531 g/mol. The van der Waals surface area contributed by atoms with Crippen LogP contribution in [0, 0.1) is 0 Å². The summed E-state index contributed by atoms with van der Waals surface area (Å²) in [5, 5.41) is 20.6. The molecule has 1 aliphatic heterocycles. The topological polar surface area (TPSA) is 60.9 Å². The normalized spacial score (nSPS) is 15.0. The summed E-state index contributed by atoms with van der Waals surface area (Å²) in [6, 6.07) is 28.1. The molecule has 2 aromatic heterocycles. The fourth-order valence-corrected chi connectivity index (χ4v) is 5.41. The summed E-state index contributed by atoms with van der Waals surface area (Å²) in [4.78, 5) is 0. The minimum absolute atomic E-state index is 0.0716. The standard InChI is InChI=1S/C27H20Cl2N6S/c1-17-25(20-12-13-21(28)22(29)14-20)33-35-26(30-31-27(35)36-17)23-15-24(19-10-6-3-7-11-19)34(32-23)16-18-8-4-2-5-9-18/h2-15,17H,16H2,1H3. The predicted octanol–water partition coefficient (Wildman–Crippen LogP) is 6.91. The summed E-state index contributed by atoms with van der Waals surface area (Å²) in [6.45, 7) is 2.72. The van der Waals surface area contributed by atoms with E-state index in [9.17, 15) is 0 Å². The molecule has 0 saturated carbocycles. The van der Waals surface area contributed by atoms with Crippen LogP contribution >= 0.6 is 35.0 Å². The lowest BCUT2D eigenvalue weighted by molar-refractivity contribution is 0.691. The van der Waals surface area contributed by atoms with Gasteiger partial charge in [0.25, 0.3) is 0 Å². The summed E-state index contributed by atoms with van der Waals surface area (Å²) in [5.74, 6) is 0.589. The van der Waals surface area contributed by atoms with E-state index >= 15 is 0 Å². The lowest BCUT2D eigenvalue weighted by atomic mass is 10.1. The van der Waals surface area contributed by atoms with Crippen molar-refractivity contribution in [3.63, 3.8) is 0 Å². The Labute approximate surface area is 222 Å². The third kappa shape index (κ3) is 4.34. The van der Waals surface area contributed by atoms with Crippen molar-refractivity contribution in [2.75, 3.05) is 0 Å². The number of thioether (sulfide) groups is 1. The zero-order valence-corrected chi connectivity index (χ0v) is 21.5. The van der Waals surface area contributed by atoms with Crippen molar-refractivity contribution in [1.29, 1.82) is 0 Å². The first-order valence-electron chi connectivity index (χ1n) is 11.4.